The molecule has 0 bridgehead atoms. The van der Waals surface area contributed by atoms with Crippen LogP contribution in [0, 0.1) is 5.92 Å². The van der Waals surface area contributed by atoms with Crippen molar-refractivity contribution >= 4 is 56.2 Å². The molecule has 1 aliphatic rings. The number of ether oxygens (including phenoxy) is 1. The number of hydroxylamine groups is 2. The van der Waals surface area contributed by atoms with Crippen molar-refractivity contribution in [3.8, 4) is 17.0 Å². The normalized spacial score (nSPS) is 16.2. The number of aliphatic carboxylic acids is 2. The summed E-state index contributed by atoms with van der Waals surface area (Å²) in [4.78, 5) is 55.9. The molecule has 1 aliphatic heterocycles. The zero-order valence-electron chi connectivity index (χ0n) is 27.9. The van der Waals surface area contributed by atoms with Gasteiger partial charge in [0.25, 0.3) is 12.0 Å². The van der Waals surface area contributed by atoms with Gasteiger partial charge in [0.05, 0.1) is 23.2 Å². The van der Waals surface area contributed by atoms with Crippen molar-refractivity contribution in [1.82, 2.24) is 19.8 Å². The average molecular weight is 795 g/mol. The third-order valence-corrected chi connectivity index (χ3v) is 8.28. The summed E-state index contributed by atoms with van der Waals surface area (Å²) in [6.45, 7) is 3.59. The summed E-state index contributed by atoms with van der Waals surface area (Å²) < 4.78 is 76.3. The lowest BCUT2D eigenvalue weighted by molar-refractivity contribution is -0.660. The topological polar surface area (TPSA) is 296 Å². The number of anilines is 1. The molecule has 1 amide bonds. The summed E-state index contributed by atoms with van der Waals surface area (Å²) in [7, 11) is -3.20. The van der Waals surface area contributed by atoms with E-state index in [1.165, 1.54) is 19.2 Å². The summed E-state index contributed by atoms with van der Waals surface area (Å²) in [5.74, 6) is -6.86. The van der Waals surface area contributed by atoms with Gasteiger partial charge in [0.1, 0.15) is 25.3 Å². The number of nitrogens with zero attached hydrogens (tertiary/aromatic N) is 6. The van der Waals surface area contributed by atoms with E-state index in [0.717, 1.165) is 29.0 Å². The van der Waals surface area contributed by atoms with Crippen LogP contribution < -0.4 is 25.9 Å². The third kappa shape index (κ3) is 11.4. The van der Waals surface area contributed by atoms with Crippen LogP contribution in [0.1, 0.15) is 32.4 Å². The Morgan fingerprint density at radius 2 is 1.92 bits per heavy atom. The largest absolute Gasteiger partial charge is 0.542 e. The van der Waals surface area contributed by atoms with Gasteiger partial charge in [0.2, 0.25) is 11.9 Å². The predicted molar refractivity (Wildman–Crippen MR) is 171 cm³/mol. The van der Waals surface area contributed by atoms with Crippen LogP contribution in [0.25, 0.3) is 11.3 Å². The van der Waals surface area contributed by atoms with E-state index in [2.05, 4.69) is 19.5 Å². The maximum absolute atomic E-state index is 13.3. The van der Waals surface area contributed by atoms with E-state index in [4.69, 9.17) is 35.5 Å². The monoisotopic (exact) mass is 794 g/mol. The van der Waals surface area contributed by atoms with E-state index in [1.807, 2.05) is 6.20 Å². The SMILES string of the molecule is C[n+]1cc(OC[C@H](O/N=C(\C(=O)C[C@@H]2C(=O)N(OS(=O)(=O)O)C2(C)C)c2csc(N)n2)C(=O)O)ccc1-c1cnn(CCCN)c1.O=C([O-])C(F)(F)F. The van der Waals surface area contributed by atoms with Gasteiger partial charge in [-0.15, -0.1) is 15.6 Å². The number of carbonyl (C=O) groups excluding carboxylic acids is 3. The molecule has 0 spiro atoms. The molecule has 3 aromatic rings. The Kier molecular flexibility index (Phi) is 13.6. The predicted octanol–water partition coefficient (Wildman–Crippen LogP) is -0.756. The smallest absolute Gasteiger partial charge is 0.430 e. The highest BCUT2D eigenvalue weighted by molar-refractivity contribution is 7.80. The van der Waals surface area contributed by atoms with Crippen LogP contribution in [0.2, 0.25) is 0 Å². The second kappa shape index (κ2) is 17.1. The number of Topliss-reactive ketones (excluding diaryl/α,β-unsaturated/α-hetero) is 1. The number of carboxylic acid groups (broad SMARTS) is 2. The van der Waals surface area contributed by atoms with E-state index in [0.29, 0.717) is 23.9 Å². The zero-order valence-corrected chi connectivity index (χ0v) is 29.6. The van der Waals surface area contributed by atoms with Gasteiger partial charge in [0, 0.05) is 30.6 Å². The molecule has 53 heavy (non-hydrogen) atoms. The van der Waals surface area contributed by atoms with Crippen molar-refractivity contribution in [3.63, 3.8) is 0 Å². The lowest BCUT2D eigenvalue weighted by atomic mass is 9.74. The van der Waals surface area contributed by atoms with Crippen molar-refractivity contribution in [2.24, 2.45) is 23.9 Å². The first kappa shape index (κ1) is 42.2. The number of carbonyl (C=O) groups is 4. The molecule has 25 heteroatoms. The zero-order chi connectivity index (χ0) is 39.9. The number of nitrogens with two attached hydrogens (primary N) is 2. The van der Waals surface area contributed by atoms with Crippen molar-refractivity contribution in [2.75, 3.05) is 18.9 Å². The van der Waals surface area contributed by atoms with E-state index >= 15 is 0 Å². The van der Waals surface area contributed by atoms with Crippen LogP contribution in [-0.2, 0) is 52.3 Å². The fourth-order valence-electron chi connectivity index (χ4n) is 4.56. The number of ketones is 1. The minimum atomic E-state index is -5.19. The Bertz CT molecular complexity index is 1970. The van der Waals surface area contributed by atoms with Crippen LogP contribution in [-0.4, -0.2) is 98.2 Å². The van der Waals surface area contributed by atoms with Gasteiger partial charge < -0.3 is 36.0 Å². The Morgan fingerprint density at radius 3 is 2.43 bits per heavy atom. The second-order valence-corrected chi connectivity index (χ2v) is 13.4. The Hall–Kier alpha value is -5.24. The number of hydrogen-bond acceptors (Lipinski definition) is 16. The number of β-lactam (4-membered cyclic amide) rings is 1. The maximum atomic E-state index is 13.3. The van der Waals surface area contributed by atoms with Gasteiger partial charge in [0.15, 0.2) is 22.4 Å². The van der Waals surface area contributed by atoms with Crippen molar-refractivity contribution < 1.29 is 74.0 Å². The molecule has 4 heterocycles. The first-order valence-electron chi connectivity index (χ1n) is 14.9. The number of thiazole rings is 1. The van der Waals surface area contributed by atoms with E-state index in [9.17, 15) is 41.1 Å². The number of amides is 1. The number of rotatable bonds is 16. The number of hydrogen-bond donors (Lipinski definition) is 4. The molecular formula is C28H33F3N8O12S2. The number of aromatic nitrogens is 4. The summed E-state index contributed by atoms with van der Waals surface area (Å²) in [6, 6.07) is 3.43. The lowest BCUT2D eigenvalue weighted by Crippen LogP contribution is -2.68. The van der Waals surface area contributed by atoms with Gasteiger partial charge in [-0.1, -0.05) is 5.16 Å². The molecule has 0 aromatic carbocycles. The maximum Gasteiger partial charge on any atom is 0.430 e. The molecule has 20 nitrogen and oxygen atoms in total. The summed E-state index contributed by atoms with van der Waals surface area (Å²) in [5.41, 5.74) is 11.2. The molecule has 0 aliphatic carbocycles. The summed E-state index contributed by atoms with van der Waals surface area (Å²) in [5, 5.41) is 28.6. The molecule has 2 atom stereocenters. The van der Waals surface area contributed by atoms with Gasteiger partial charge >= 0.3 is 22.5 Å². The standard InChI is InChI=1S/C26H32N8O10S2.C2HF3O2/c1-26(2)17(23(36)34(26)44-46(39,40)41)9-20(35)22(18-14-45-25(28)30-18)31-43-21(24(37)38)13-42-16-5-6-19(32(3)12-16)15-10-29-33(11-15)8-4-7-27;3-2(4,5)1(6)7/h5-6,10-12,14,17,21H,4,7-9,13,27H2,1-3H3,(H3-,28,30,37,38,39,40,41);(H,6,7)/b31-22-;/t17-,21+;/m1./s1. The minimum absolute atomic E-state index is 0.0258. The molecule has 0 unspecified atom stereocenters. The quantitative estimate of drug-likeness (QED) is 0.0456. The number of alkyl halides is 3. The van der Waals surface area contributed by atoms with Gasteiger partial charge in [-0.2, -0.15) is 36.3 Å². The number of aryl methyl sites for hydroxylation is 2. The summed E-state index contributed by atoms with van der Waals surface area (Å²) in [6.07, 6.45) is -1.31. The highest BCUT2D eigenvalue weighted by Crippen LogP contribution is 2.40. The molecule has 6 N–H and O–H groups in total. The van der Waals surface area contributed by atoms with Crippen LogP contribution in [0.5, 0.6) is 5.75 Å². The number of halogens is 3. The Morgan fingerprint density at radius 1 is 1.26 bits per heavy atom. The molecular weight excluding hydrogens is 761 g/mol. The van der Waals surface area contributed by atoms with Crippen LogP contribution in [0.3, 0.4) is 0 Å². The second-order valence-electron chi connectivity index (χ2n) is 11.5. The van der Waals surface area contributed by atoms with Crippen LogP contribution in [0.4, 0.5) is 18.3 Å². The molecule has 1 fully saturated rings. The first-order valence-corrected chi connectivity index (χ1v) is 17.2. The summed E-state index contributed by atoms with van der Waals surface area (Å²) >= 11 is 0.984. The van der Waals surface area contributed by atoms with Crippen LogP contribution in [0.15, 0.2) is 41.3 Å². The van der Waals surface area contributed by atoms with Crippen molar-refractivity contribution in [2.45, 2.75) is 51.1 Å². The number of oxime groups is 1. The average Bonchev–Trinajstić information content (AvgIpc) is 3.71. The molecule has 0 radical (unpaired) electrons. The van der Waals surface area contributed by atoms with Crippen molar-refractivity contribution in [3.05, 3.63) is 41.8 Å². The fourth-order valence-corrected chi connectivity index (χ4v) is 5.56. The van der Waals surface area contributed by atoms with Crippen molar-refractivity contribution in [1.29, 1.82) is 0 Å². The Labute approximate surface area is 302 Å². The molecule has 290 valence electrons. The molecule has 4 rings (SSSR count). The van der Waals surface area contributed by atoms with E-state index in [1.54, 1.807) is 40.8 Å². The lowest BCUT2D eigenvalue weighted by Gasteiger charge is -2.50. The number of nitrogen functional groups attached to an aromatic ring is 1. The van der Waals surface area contributed by atoms with Gasteiger partial charge in [-0.25, -0.2) is 9.78 Å². The molecule has 3 aromatic heterocycles. The number of pyridine rings is 1. The van der Waals surface area contributed by atoms with Gasteiger partial charge in [-0.05, 0) is 32.9 Å². The number of carboxylic acids is 2. The fraction of sp³-hybridized carbons (Fsp3) is 0.429. The van der Waals surface area contributed by atoms with Crippen LogP contribution >= 0.6 is 11.3 Å². The van der Waals surface area contributed by atoms with E-state index < -0.39 is 76.5 Å². The highest BCUT2D eigenvalue weighted by atomic mass is 32.3. The molecule has 0 saturated carbocycles. The first-order chi connectivity index (χ1) is 24.5. The third-order valence-electron chi connectivity index (χ3n) is 7.27. The molecule has 1 saturated heterocycles. The van der Waals surface area contributed by atoms with E-state index in [-0.39, 0.29) is 10.8 Å². The Balaban J connectivity index is 0.000000980. The van der Waals surface area contributed by atoms with Gasteiger partial charge in [-0.3, -0.25) is 18.8 Å². The highest BCUT2D eigenvalue weighted by Gasteiger charge is 2.57. The minimum Gasteiger partial charge on any atom is -0.542 e.